The highest BCUT2D eigenvalue weighted by Gasteiger charge is 2.28. The summed E-state index contributed by atoms with van der Waals surface area (Å²) in [4.78, 5) is 28.0. The van der Waals surface area contributed by atoms with Crippen molar-refractivity contribution in [2.24, 2.45) is 0 Å². The average Bonchev–Trinajstić information content (AvgIpc) is 3.00. The fourth-order valence-electron chi connectivity index (χ4n) is 4.87. The van der Waals surface area contributed by atoms with Crippen LogP contribution in [0.5, 0.6) is 5.75 Å². The third-order valence-electron chi connectivity index (χ3n) is 7.36. The van der Waals surface area contributed by atoms with E-state index in [0.29, 0.717) is 43.6 Å². The number of hydrogen-bond acceptors (Lipinski definition) is 6. The number of nitrogens with one attached hydrogen (secondary N) is 1. The van der Waals surface area contributed by atoms with Gasteiger partial charge in [0, 0.05) is 31.2 Å². The number of ether oxygens (including phenoxy) is 2. The van der Waals surface area contributed by atoms with Gasteiger partial charge in [0.2, 0.25) is 15.9 Å². The van der Waals surface area contributed by atoms with Gasteiger partial charge in [-0.05, 0) is 81.0 Å². The van der Waals surface area contributed by atoms with E-state index >= 15 is 0 Å². The van der Waals surface area contributed by atoms with Gasteiger partial charge in [-0.2, -0.15) is 4.31 Å². The maximum Gasteiger partial charge on any atom is 0.261 e. The molecule has 0 aromatic heterocycles. The third kappa shape index (κ3) is 8.78. The molecule has 1 atom stereocenters. The summed E-state index contributed by atoms with van der Waals surface area (Å²) < 4.78 is 38.1. The van der Waals surface area contributed by atoms with Crippen LogP contribution in [0.4, 0.5) is 0 Å². The predicted octanol–water partition coefficient (Wildman–Crippen LogP) is 4.16. The summed E-state index contributed by atoms with van der Waals surface area (Å²) in [5.74, 6) is -0.257. The van der Waals surface area contributed by atoms with Gasteiger partial charge in [-0.15, -0.1) is 0 Å². The Bertz CT molecular complexity index is 1310. The number of benzene rings is 2. The van der Waals surface area contributed by atoms with Crippen molar-refractivity contribution >= 4 is 33.4 Å². The first-order valence-electron chi connectivity index (χ1n) is 14.0. The Morgan fingerprint density at radius 1 is 1.07 bits per heavy atom. The number of morpholine rings is 1. The number of carbonyl (C=O) groups is 2. The summed E-state index contributed by atoms with van der Waals surface area (Å²) in [6.07, 6.45) is 7.64. The summed E-state index contributed by atoms with van der Waals surface area (Å²) in [6, 6.07) is 12.4. The van der Waals surface area contributed by atoms with E-state index in [2.05, 4.69) is 11.4 Å². The van der Waals surface area contributed by atoms with E-state index in [4.69, 9.17) is 21.1 Å². The van der Waals surface area contributed by atoms with Crippen molar-refractivity contribution in [1.82, 2.24) is 14.5 Å². The molecule has 0 bridgehead atoms. The third-order valence-corrected chi connectivity index (χ3v) is 9.52. The highest BCUT2D eigenvalue weighted by Crippen LogP contribution is 2.22. The molecule has 0 saturated carbocycles. The minimum Gasteiger partial charge on any atom is -0.484 e. The zero-order chi connectivity index (χ0) is 29.2. The molecule has 2 amide bonds. The van der Waals surface area contributed by atoms with Crippen LogP contribution in [0.15, 0.2) is 65.1 Å². The number of carbonyl (C=O) groups excluding carboxylic acids is 2. The molecule has 1 aliphatic heterocycles. The van der Waals surface area contributed by atoms with Crippen LogP contribution in [0.3, 0.4) is 0 Å². The number of sulfonamides is 1. The Balaban J connectivity index is 1.38. The van der Waals surface area contributed by atoms with Gasteiger partial charge in [-0.25, -0.2) is 8.42 Å². The monoisotopic (exact) mass is 603 g/mol. The molecule has 1 heterocycles. The lowest BCUT2D eigenvalue weighted by Crippen LogP contribution is -2.49. The van der Waals surface area contributed by atoms with E-state index in [9.17, 15) is 18.0 Å². The van der Waals surface area contributed by atoms with E-state index in [1.54, 1.807) is 19.1 Å². The minimum absolute atomic E-state index is 0.150. The Morgan fingerprint density at radius 2 is 1.78 bits per heavy atom. The standard InChI is InChI=1S/C30H38ClN3O6S/c1-23(30(36)32-16-15-24-5-3-2-4-6-24)34(21-25-7-9-26(31)10-8-25)29(35)22-40-27-11-13-28(14-12-27)41(37,38)33-17-19-39-20-18-33/h5,7-14,23H,2-4,6,15-22H2,1H3,(H,32,36)/t23-/m1/s1. The Labute approximate surface area is 247 Å². The molecule has 4 rings (SSSR count). The molecule has 0 spiro atoms. The highest BCUT2D eigenvalue weighted by molar-refractivity contribution is 7.89. The first kappa shape index (κ1) is 31.0. The van der Waals surface area contributed by atoms with Gasteiger partial charge in [0.1, 0.15) is 11.8 Å². The number of rotatable bonds is 12. The van der Waals surface area contributed by atoms with Crippen molar-refractivity contribution in [3.8, 4) is 5.75 Å². The van der Waals surface area contributed by atoms with Gasteiger partial charge in [-0.1, -0.05) is 35.4 Å². The van der Waals surface area contributed by atoms with Gasteiger partial charge in [-0.3, -0.25) is 9.59 Å². The summed E-state index contributed by atoms with van der Waals surface area (Å²) in [5.41, 5.74) is 2.20. The van der Waals surface area contributed by atoms with Crippen LogP contribution in [0.1, 0.15) is 44.6 Å². The quantitative estimate of drug-likeness (QED) is 0.365. The lowest BCUT2D eigenvalue weighted by atomic mass is 9.97. The second kappa shape index (κ2) is 14.8. The van der Waals surface area contributed by atoms with Crippen LogP contribution < -0.4 is 10.1 Å². The molecule has 222 valence electrons. The van der Waals surface area contributed by atoms with E-state index in [-0.39, 0.29) is 29.9 Å². The van der Waals surface area contributed by atoms with E-state index < -0.39 is 16.1 Å². The highest BCUT2D eigenvalue weighted by atomic mass is 35.5. The normalized spacial score (nSPS) is 16.9. The van der Waals surface area contributed by atoms with Crippen molar-refractivity contribution in [3.05, 3.63) is 70.8 Å². The molecule has 41 heavy (non-hydrogen) atoms. The van der Waals surface area contributed by atoms with E-state index in [0.717, 1.165) is 24.8 Å². The van der Waals surface area contributed by atoms with Gasteiger partial charge in [0.25, 0.3) is 5.91 Å². The summed E-state index contributed by atoms with van der Waals surface area (Å²) >= 11 is 6.03. The lowest BCUT2D eigenvalue weighted by Gasteiger charge is -2.29. The number of amides is 2. The molecule has 1 saturated heterocycles. The fraction of sp³-hybridized carbons (Fsp3) is 0.467. The van der Waals surface area contributed by atoms with Crippen LogP contribution in [0.25, 0.3) is 0 Å². The Morgan fingerprint density at radius 3 is 2.44 bits per heavy atom. The molecule has 1 N–H and O–H groups in total. The van der Waals surface area contributed by atoms with E-state index in [1.807, 2.05) is 12.1 Å². The first-order chi connectivity index (χ1) is 19.7. The smallest absolute Gasteiger partial charge is 0.261 e. The lowest BCUT2D eigenvalue weighted by molar-refractivity contribution is -0.142. The fourth-order valence-corrected chi connectivity index (χ4v) is 6.40. The first-order valence-corrected chi connectivity index (χ1v) is 15.9. The average molecular weight is 604 g/mol. The largest absolute Gasteiger partial charge is 0.484 e. The van der Waals surface area contributed by atoms with Crippen molar-refractivity contribution in [1.29, 1.82) is 0 Å². The van der Waals surface area contributed by atoms with Crippen LogP contribution >= 0.6 is 11.6 Å². The Kier molecular flexibility index (Phi) is 11.2. The van der Waals surface area contributed by atoms with Crippen molar-refractivity contribution in [3.63, 3.8) is 0 Å². The predicted molar refractivity (Wildman–Crippen MR) is 157 cm³/mol. The summed E-state index contributed by atoms with van der Waals surface area (Å²) in [5, 5.41) is 3.56. The maximum atomic E-state index is 13.4. The molecule has 1 fully saturated rings. The van der Waals surface area contributed by atoms with Gasteiger partial charge in [0.15, 0.2) is 6.61 Å². The van der Waals surface area contributed by atoms with Gasteiger partial charge in [0.05, 0.1) is 18.1 Å². The molecule has 2 aliphatic rings. The maximum absolute atomic E-state index is 13.4. The van der Waals surface area contributed by atoms with Crippen molar-refractivity contribution in [2.45, 2.75) is 56.5 Å². The second-order valence-corrected chi connectivity index (χ2v) is 12.6. The molecule has 0 radical (unpaired) electrons. The summed E-state index contributed by atoms with van der Waals surface area (Å²) in [7, 11) is -3.63. The number of nitrogens with zero attached hydrogens (tertiary/aromatic N) is 2. The van der Waals surface area contributed by atoms with E-state index in [1.165, 1.54) is 51.9 Å². The molecule has 11 heteroatoms. The number of hydrogen-bond donors (Lipinski definition) is 1. The minimum atomic E-state index is -3.63. The topological polar surface area (TPSA) is 105 Å². The number of allylic oxidation sites excluding steroid dienone is 1. The second-order valence-electron chi connectivity index (χ2n) is 10.2. The Hall–Kier alpha value is -2.92. The zero-order valence-corrected chi connectivity index (χ0v) is 25.0. The summed E-state index contributed by atoms with van der Waals surface area (Å²) in [6.45, 7) is 3.46. The molecule has 2 aromatic rings. The van der Waals surface area contributed by atoms with Crippen LogP contribution in [0, 0.1) is 0 Å². The molecule has 0 unspecified atom stereocenters. The molecular formula is C30H38ClN3O6S. The zero-order valence-electron chi connectivity index (χ0n) is 23.4. The van der Waals surface area contributed by atoms with Crippen molar-refractivity contribution in [2.75, 3.05) is 39.5 Å². The van der Waals surface area contributed by atoms with Crippen LogP contribution in [-0.2, 0) is 30.9 Å². The molecular weight excluding hydrogens is 566 g/mol. The van der Waals surface area contributed by atoms with Gasteiger partial charge >= 0.3 is 0 Å². The number of halogens is 1. The molecule has 2 aromatic carbocycles. The van der Waals surface area contributed by atoms with Gasteiger partial charge < -0.3 is 19.7 Å². The van der Waals surface area contributed by atoms with Crippen molar-refractivity contribution < 1.29 is 27.5 Å². The van der Waals surface area contributed by atoms with Crippen LogP contribution in [-0.4, -0.2) is 74.9 Å². The molecule has 1 aliphatic carbocycles. The van der Waals surface area contributed by atoms with Crippen LogP contribution in [0.2, 0.25) is 5.02 Å². The molecule has 9 nitrogen and oxygen atoms in total. The SMILES string of the molecule is C[C@H](C(=O)NCCC1=CCCCC1)N(Cc1ccc(Cl)cc1)C(=O)COc1ccc(S(=O)(=O)N2CCOCC2)cc1.